The first-order chi connectivity index (χ1) is 9.09. The molecule has 0 radical (unpaired) electrons. The number of nitrogens with zero attached hydrogens (tertiary/aromatic N) is 1. The maximum atomic E-state index is 11.4. The van der Waals surface area contributed by atoms with Crippen LogP contribution in [-0.2, 0) is 15.7 Å². The van der Waals surface area contributed by atoms with Crippen molar-refractivity contribution in [3.63, 3.8) is 0 Å². The van der Waals surface area contributed by atoms with Gasteiger partial charge in [-0.3, -0.25) is 14.0 Å². The minimum atomic E-state index is -4.28. The predicted octanol–water partition coefficient (Wildman–Crippen LogP) is 2.12. The SMILES string of the molecule is C=Cc1ccc(CN(CP(C)(=O)O)CP(=O)(O)O)cc1. The van der Waals surface area contributed by atoms with Crippen LogP contribution in [0.3, 0.4) is 0 Å². The second-order valence-corrected chi connectivity index (χ2v) is 8.77. The standard InChI is InChI=1S/C12H19NO5P2/c1-3-11-4-6-12(7-5-11)8-13(9-19(2,14)15)10-20(16,17)18/h3-7H,1,8-10H2,2H3,(H,14,15)(H2,16,17,18). The lowest BCUT2D eigenvalue weighted by atomic mass is 10.1. The molecule has 1 aromatic rings. The molecule has 112 valence electrons. The summed E-state index contributed by atoms with van der Waals surface area (Å²) in [6.45, 7) is 5.00. The Morgan fingerprint density at radius 2 is 1.70 bits per heavy atom. The van der Waals surface area contributed by atoms with Gasteiger partial charge in [0, 0.05) is 13.2 Å². The monoisotopic (exact) mass is 319 g/mol. The average molecular weight is 319 g/mol. The molecule has 0 aliphatic carbocycles. The van der Waals surface area contributed by atoms with E-state index in [-0.39, 0.29) is 12.8 Å². The number of hydrogen-bond donors (Lipinski definition) is 3. The second-order valence-electron chi connectivity index (χ2n) is 4.77. The van der Waals surface area contributed by atoms with E-state index >= 15 is 0 Å². The molecule has 0 saturated carbocycles. The average Bonchev–Trinajstić information content (AvgIpc) is 2.25. The van der Waals surface area contributed by atoms with Gasteiger partial charge in [0.25, 0.3) is 0 Å². The molecule has 0 fully saturated rings. The minimum Gasteiger partial charge on any atom is -0.344 e. The van der Waals surface area contributed by atoms with Gasteiger partial charge >= 0.3 is 7.60 Å². The summed E-state index contributed by atoms with van der Waals surface area (Å²) in [5.41, 5.74) is 1.73. The van der Waals surface area contributed by atoms with Gasteiger partial charge in [-0.1, -0.05) is 36.9 Å². The van der Waals surface area contributed by atoms with E-state index in [2.05, 4.69) is 6.58 Å². The van der Waals surface area contributed by atoms with E-state index in [4.69, 9.17) is 9.79 Å². The van der Waals surface area contributed by atoms with Crippen LogP contribution in [0, 0.1) is 0 Å². The molecule has 0 amide bonds. The van der Waals surface area contributed by atoms with E-state index in [1.54, 1.807) is 18.2 Å². The molecule has 0 heterocycles. The number of benzene rings is 1. The van der Waals surface area contributed by atoms with Crippen LogP contribution >= 0.6 is 15.0 Å². The molecule has 3 N–H and O–H groups in total. The maximum Gasteiger partial charge on any atom is 0.339 e. The zero-order valence-corrected chi connectivity index (χ0v) is 13.0. The zero-order valence-electron chi connectivity index (χ0n) is 11.2. The van der Waals surface area contributed by atoms with Gasteiger partial charge in [0.2, 0.25) is 7.37 Å². The highest BCUT2D eigenvalue weighted by Gasteiger charge is 2.24. The van der Waals surface area contributed by atoms with Crippen LogP contribution in [0.4, 0.5) is 0 Å². The Bertz CT molecular complexity index is 521. The molecule has 1 rings (SSSR count). The summed E-state index contributed by atoms with van der Waals surface area (Å²) in [7, 11) is -7.68. The molecule has 1 aromatic carbocycles. The third-order valence-corrected chi connectivity index (χ3v) is 4.16. The van der Waals surface area contributed by atoms with Crippen LogP contribution in [-0.4, -0.2) is 38.8 Å². The van der Waals surface area contributed by atoms with Crippen molar-refractivity contribution >= 4 is 21.0 Å². The summed E-state index contributed by atoms with van der Waals surface area (Å²) in [6, 6.07) is 7.23. The summed E-state index contributed by atoms with van der Waals surface area (Å²) in [4.78, 5) is 28.7. The molecule has 1 atom stereocenters. The molecule has 20 heavy (non-hydrogen) atoms. The van der Waals surface area contributed by atoms with Gasteiger partial charge in [-0.15, -0.1) is 0 Å². The van der Waals surface area contributed by atoms with Crippen LogP contribution in [0.1, 0.15) is 11.1 Å². The third-order valence-electron chi connectivity index (χ3n) is 2.47. The third kappa shape index (κ3) is 7.15. The van der Waals surface area contributed by atoms with E-state index in [0.29, 0.717) is 0 Å². The first-order valence-electron chi connectivity index (χ1n) is 5.87. The van der Waals surface area contributed by atoms with E-state index in [9.17, 15) is 14.0 Å². The van der Waals surface area contributed by atoms with Crippen LogP contribution < -0.4 is 0 Å². The van der Waals surface area contributed by atoms with Crippen LogP contribution in [0.15, 0.2) is 30.8 Å². The number of hydrogen-bond acceptors (Lipinski definition) is 3. The van der Waals surface area contributed by atoms with Crippen LogP contribution in [0.2, 0.25) is 0 Å². The van der Waals surface area contributed by atoms with Gasteiger partial charge in [0.1, 0.15) is 6.29 Å². The quantitative estimate of drug-likeness (QED) is 0.666. The summed E-state index contributed by atoms with van der Waals surface area (Å²) in [5, 5.41) is 0. The fourth-order valence-corrected chi connectivity index (χ4v) is 3.61. The highest BCUT2D eigenvalue weighted by atomic mass is 31.2. The fraction of sp³-hybridized carbons (Fsp3) is 0.333. The second kappa shape index (κ2) is 6.81. The maximum absolute atomic E-state index is 11.4. The molecule has 8 heteroatoms. The van der Waals surface area contributed by atoms with Gasteiger partial charge in [-0.2, -0.15) is 0 Å². The zero-order chi connectivity index (χ0) is 15.4. The van der Waals surface area contributed by atoms with Crippen LogP contribution in [0.5, 0.6) is 0 Å². The van der Waals surface area contributed by atoms with E-state index < -0.39 is 21.3 Å². The highest BCUT2D eigenvalue weighted by Crippen LogP contribution is 2.41. The lowest BCUT2D eigenvalue weighted by molar-refractivity contribution is 0.291. The molecular formula is C12H19NO5P2. The van der Waals surface area contributed by atoms with Crippen molar-refractivity contribution in [1.29, 1.82) is 0 Å². The Kier molecular flexibility index (Phi) is 5.90. The lowest BCUT2D eigenvalue weighted by Crippen LogP contribution is -2.25. The normalized spacial score (nSPS) is 15.1. The predicted molar refractivity (Wildman–Crippen MR) is 79.6 cm³/mol. The molecule has 1 unspecified atom stereocenters. The first-order valence-corrected chi connectivity index (χ1v) is 9.95. The summed E-state index contributed by atoms with van der Waals surface area (Å²) < 4.78 is 22.5. The Labute approximate surface area is 118 Å². The van der Waals surface area contributed by atoms with Gasteiger partial charge < -0.3 is 14.7 Å². The number of rotatable bonds is 7. The van der Waals surface area contributed by atoms with Crippen molar-refractivity contribution in [2.45, 2.75) is 6.54 Å². The summed E-state index contributed by atoms with van der Waals surface area (Å²) >= 11 is 0. The van der Waals surface area contributed by atoms with Crippen molar-refractivity contribution in [2.24, 2.45) is 0 Å². The van der Waals surface area contributed by atoms with Gasteiger partial charge in [-0.25, -0.2) is 0 Å². The largest absolute Gasteiger partial charge is 0.344 e. The van der Waals surface area contributed by atoms with Crippen molar-refractivity contribution in [2.75, 3.05) is 19.2 Å². The lowest BCUT2D eigenvalue weighted by Gasteiger charge is -2.23. The Balaban J connectivity index is 2.84. The molecule has 0 saturated heterocycles. The van der Waals surface area contributed by atoms with Gasteiger partial charge in [0.15, 0.2) is 0 Å². The van der Waals surface area contributed by atoms with Crippen molar-refractivity contribution in [3.8, 4) is 0 Å². The Morgan fingerprint density at radius 1 is 1.15 bits per heavy atom. The Morgan fingerprint density at radius 3 is 2.10 bits per heavy atom. The first kappa shape index (κ1) is 17.3. The molecule has 6 nitrogen and oxygen atoms in total. The van der Waals surface area contributed by atoms with Gasteiger partial charge in [0.05, 0.1) is 6.29 Å². The molecule has 0 spiro atoms. The highest BCUT2D eigenvalue weighted by molar-refractivity contribution is 7.57. The van der Waals surface area contributed by atoms with Crippen molar-refractivity contribution in [3.05, 3.63) is 42.0 Å². The molecule has 0 bridgehead atoms. The molecule has 0 aromatic heterocycles. The topological polar surface area (TPSA) is 98.1 Å². The van der Waals surface area contributed by atoms with Gasteiger partial charge in [-0.05, 0) is 11.1 Å². The molecule has 0 aliphatic rings. The van der Waals surface area contributed by atoms with Crippen LogP contribution in [0.25, 0.3) is 6.08 Å². The Hall–Kier alpha value is -0.740. The molecular weight excluding hydrogens is 300 g/mol. The van der Waals surface area contributed by atoms with E-state index in [1.807, 2.05) is 12.1 Å². The fourth-order valence-electron chi connectivity index (χ4n) is 1.79. The van der Waals surface area contributed by atoms with E-state index in [1.165, 1.54) is 11.6 Å². The minimum absolute atomic E-state index is 0.195. The molecule has 0 aliphatic heterocycles. The van der Waals surface area contributed by atoms with Crippen molar-refractivity contribution in [1.82, 2.24) is 4.90 Å². The van der Waals surface area contributed by atoms with Crippen molar-refractivity contribution < 1.29 is 23.8 Å². The van der Waals surface area contributed by atoms with E-state index in [0.717, 1.165) is 11.1 Å². The summed E-state index contributed by atoms with van der Waals surface area (Å²) in [6.07, 6.45) is 0.876. The summed E-state index contributed by atoms with van der Waals surface area (Å²) in [5.74, 6) is 0. The smallest absolute Gasteiger partial charge is 0.339 e.